The van der Waals surface area contributed by atoms with Crippen molar-refractivity contribution < 1.29 is 9.18 Å². The first-order valence-electron chi connectivity index (χ1n) is 13.6. The van der Waals surface area contributed by atoms with Crippen molar-refractivity contribution in [3.63, 3.8) is 0 Å². The molecule has 0 atom stereocenters. The lowest BCUT2D eigenvalue weighted by atomic mass is 10.1. The molecule has 2 N–H and O–H groups in total. The van der Waals surface area contributed by atoms with Crippen LogP contribution < -0.4 is 10.6 Å². The summed E-state index contributed by atoms with van der Waals surface area (Å²) in [6.07, 6.45) is 11.9. The Hall–Kier alpha value is -4.29. The highest BCUT2D eigenvalue weighted by Crippen LogP contribution is 2.28. The van der Waals surface area contributed by atoms with Crippen LogP contribution in [-0.2, 0) is 17.8 Å². The molecule has 0 aliphatic rings. The number of hydrogen-bond donors (Lipinski definition) is 2. The number of halogens is 1. The van der Waals surface area contributed by atoms with Gasteiger partial charge in [-0.3, -0.25) is 24.1 Å². The van der Waals surface area contributed by atoms with Crippen LogP contribution in [0.2, 0.25) is 0 Å². The first-order valence-corrected chi connectivity index (χ1v) is 14.3. The number of hydrogen-bond acceptors (Lipinski definition) is 9. The topological polar surface area (TPSA) is 113 Å². The van der Waals surface area contributed by atoms with E-state index in [4.69, 9.17) is 4.98 Å². The van der Waals surface area contributed by atoms with Gasteiger partial charge in [0, 0.05) is 36.9 Å². The summed E-state index contributed by atoms with van der Waals surface area (Å²) in [7, 11) is 0. The fourth-order valence-corrected chi connectivity index (χ4v) is 5.17. The van der Waals surface area contributed by atoms with Crippen LogP contribution in [0.4, 0.5) is 20.9 Å². The molecule has 5 rings (SSSR count). The predicted molar refractivity (Wildman–Crippen MR) is 159 cm³/mol. The van der Waals surface area contributed by atoms with Crippen molar-refractivity contribution in [3.8, 4) is 11.3 Å². The Morgan fingerprint density at radius 3 is 2.83 bits per heavy atom. The van der Waals surface area contributed by atoms with Gasteiger partial charge in [-0.2, -0.15) is 4.37 Å². The maximum Gasteiger partial charge on any atom is 0.228 e. The average molecular weight is 574 g/mol. The third-order valence-electron chi connectivity index (χ3n) is 6.58. The smallest absolute Gasteiger partial charge is 0.228 e. The highest BCUT2D eigenvalue weighted by Gasteiger charge is 2.15. The molecule has 0 saturated carbocycles. The number of anilines is 3. The van der Waals surface area contributed by atoms with Gasteiger partial charge in [0.1, 0.15) is 5.00 Å². The molecule has 0 aromatic carbocycles. The summed E-state index contributed by atoms with van der Waals surface area (Å²) >= 11 is 1.41. The number of carbonyl (C=O) groups is 1. The summed E-state index contributed by atoms with van der Waals surface area (Å²) in [4.78, 5) is 32.4. The lowest BCUT2D eigenvalue weighted by Gasteiger charge is -2.18. The Morgan fingerprint density at radius 2 is 2.02 bits per heavy atom. The van der Waals surface area contributed by atoms with Crippen LogP contribution in [0.5, 0.6) is 0 Å². The quantitative estimate of drug-likeness (QED) is 0.197. The van der Waals surface area contributed by atoms with Gasteiger partial charge in [0.15, 0.2) is 17.3 Å². The molecule has 0 bridgehead atoms. The number of carbonyl (C=O) groups excluding carboxylic acids is 1. The zero-order valence-electron chi connectivity index (χ0n) is 23.3. The van der Waals surface area contributed by atoms with Crippen molar-refractivity contribution in [2.45, 2.75) is 46.6 Å². The zero-order chi connectivity index (χ0) is 28.8. The number of imidazole rings is 1. The van der Waals surface area contributed by atoms with Crippen molar-refractivity contribution in [2.75, 3.05) is 23.7 Å². The van der Waals surface area contributed by atoms with Crippen LogP contribution in [0.1, 0.15) is 43.6 Å². The third-order valence-corrected chi connectivity index (χ3v) is 7.32. The molecule has 0 unspecified atom stereocenters. The van der Waals surface area contributed by atoms with Crippen molar-refractivity contribution >= 4 is 39.6 Å². The number of fused-ring (bicyclic) bond motifs is 1. The van der Waals surface area contributed by atoms with Gasteiger partial charge in [-0.15, -0.1) is 0 Å². The summed E-state index contributed by atoms with van der Waals surface area (Å²) in [5.41, 5.74) is 4.88. The van der Waals surface area contributed by atoms with Gasteiger partial charge in [-0.05, 0) is 61.7 Å². The largest absolute Gasteiger partial charge is 0.328 e. The molecule has 41 heavy (non-hydrogen) atoms. The van der Waals surface area contributed by atoms with Gasteiger partial charge in [-0.25, -0.2) is 14.4 Å². The normalized spacial score (nSPS) is 11.3. The standard InChI is InChI=1S/C29H32FN9OS/c1-4-6-9-38(5-2)18-22-12-27(41-37-22)36-28-29-33-16-25(39(29)17-19(3)34-28)21-10-20(13-32-14-21)11-26(40)35-24-7-8-31-15-23(24)30/h7-8,10,12-17H,4-6,9,11,18H2,1-3H3,(H,34,36)(H,31,35,40). The van der Waals surface area contributed by atoms with Gasteiger partial charge >= 0.3 is 0 Å². The zero-order valence-corrected chi connectivity index (χ0v) is 24.1. The van der Waals surface area contributed by atoms with E-state index in [9.17, 15) is 9.18 Å². The first-order chi connectivity index (χ1) is 19.9. The minimum atomic E-state index is -0.587. The second kappa shape index (κ2) is 12.9. The monoisotopic (exact) mass is 573 g/mol. The van der Waals surface area contributed by atoms with E-state index < -0.39 is 5.82 Å². The molecule has 0 radical (unpaired) electrons. The molecule has 12 heteroatoms. The number of aromatic nitrogens is 6. The summed E-state index contributed by atoms with van der Waals surface area (Å²) in [5.74, 6) is -0.306. The lowest BCUT2D eigenvalue weighted by Crippen LogP contribution is -2.24. The van der Waals surface area contributed by atoms with E-state index in [2.05, 4.69) is 54.8 Å². The Kier molecular flexibility index (Phi) is 8.90. The van der Waals surface area contributed by atoms with Gasteiger partial charge < -0.3 is 10.6 Å². The van der Waals surface area contributed by atoms with Gasteiger partial charge in [0.2, 0.25) is 5.91 Å². The Bertz CT molecular complexity index is 1650. The van der Waals surface area contributed by atoms with Crippen LogP contribution in [0, 0.1) is 12.7 Å². The molecule has 212 valence electrons. The fourth-order valence-electron chi connectivity index (χ4n) is 4.51. The molecular weight excluding hydrogens is 541 g/mol. The molecule has 0 aliphatic heterocycles. The molecule has 5 aromatic rings. The second-order valence-corrected chi connectivity index (χ2v) is 10.6. The number of nitrogens with zero attached hydrogens (tertiary/aromatic N) is 7. The van der Waals surface area contributed by atoms with Crippen molar-refractivity contribution in [1.29, 1.82) is 0 Å². The van der Waals surface area contributed by atoms with Crippen LogP contribution in [0.3, 0.4) is 0 Å². The third kappa shape index (κ3) is 6.90. The lowest BCUT2D eigenvalue weighted by molar-refractivity contribution is -0.115. The van der Waals surface area contributed by atoms with Crippen molar-refractivity contribution in [2.24, 2.45) is 0 Å². The van der Waals surface area contributed by atoms with Crippen LogP contribution in [0.15, 0.2) is 55.4 Å². The highest BCUT2D eigenvalue weighted by molar-refractivity contribution is 7.10. The van der Waals surface area contributed by atoms with E-state index in [1.165, 1.54) is 36.6 Å². The van der Waals surface area contributed by atoms with E-state index in [0.29, 0.717) is 17.0 Å². The van der Waals surface area contributed by atoms with Crippen LogP contribution >= 0.6 is 11.5 Å². The molecule has 5 heterocycles. The van der Waals surface area contributed by atoms with E-state index in [1.54, 1.807) is 18.6 Å². The molecule has 5 aromatic heterocycles. The minimum absolute atomic E-state index is 0.0361. The maximum atomic E-state index is 13.9. The number of unbranched alkanes of at least 4 members (excludes halogenated alkanes) is 1. The SMILES string of the molecule is CCCCN(CC)Cc1cc(Nc2nc(C)cn3c(-c4cncc(CC(=O)Nc5ccncc5F)c4)cnc23)sn1. The van der Waals surface area contributed by atoms with Crippen LogP contribution in [0.25, 0.3) is 16.9 Å². The van der Waals surface area contributed by atoms with E-state index >= 15 is 0 Å². The Balaban J connectivity index is 1.34. The molecule has 0 saturated heterocycles. The number of aryl methyl sites for hydroxylation is 1. The van der Waals surface area contributed by atoms with E-state index in [1.807, 2.05) is 23.6 Å². The van der Waals surface area contributed by atoms with Gasteiger partial charge in [0.05, 0.1) is 41.6 Å². The Morgan fingerprint density at radius 1 is 1.15 bits per heavy atom. The molecule has 0 aliphatic carbocycles. The first kappa shape index (κ1) is 28.2. The minimum Gasteiger partial charge on any atom is -0.328 e. The number of amides is 1. The summed E-state index contributed by atoms with van der Waals surface area (Å²) in [5, 5.41) is 6.89. The molecular formula is C29H32FN9OS. The maximum absolute atomic E-state index is 13.9. The summed E-state index contributed by atoms with van der Waals surface area (Å²) < 4.78 is 20.5. The number of rotatable bonds is 12. The van der Waals surface area contributed by atoms with Gasteiger partial charge in [-0.1, -0.05) is 20.3 Å². The average Bonchev–Trinajstić information content (AvgIpc) is 3.59. The highest BCUT2D eigenvalue weighted by atomic mass is 32.1. The summed E-state index contributed by atoms with van der Waals surface area (Å²) in [6.45, 7) is 9.17. The van der Waals surface area contributed by atoms with Gasteiger partial charge in [0.25, 0.3) is 0 Å². The fraction of sp³-hybridized carbons (Fsp3) is 0.310. The van der Waals surface area contributed by atoms with Crippen molar-refractivity contribution in [3.05, 3.63) is 78.1 Å². The van der Waals surface area contributed by atoms with E-state index in [-0.39, 0.29) is 18.0 Å². The molecule has 0 fully saturated rings. The predicted octanol–water partition coefficient (Wildman–Crippen LogP) is 5.64. The van der Waals surface area contributed by atoms with E-state index in [0.717, 1.165) is 53.5 Å². The van der Waals surface area contributed by atoms with Crippen molar-refractivity contribution in [1.82, 2.24) is 33.6 Å². The molecule has 1 amide bonds. The number of nitrogens with one attached hydrogen (secondary N) is 2. The molecule has 10 nitrogen and oxygen atoms in total. The molecule has 0 spiro atoms. The van der Waals surface area contributed by atoms with Crippen LogP contribution in [-0.4, -0.2) is 52.6 Å². The second-order valence-electron chi connectivity index (χ2n) is 9.76. The summed E-state index contributed by atoms with van der Waals surface area (Å²) in [6, 6.07) is 5.37. The Labute approximate surface area is 241 Å². The number of pyridine rings is 2.